The summed E-state index contributed by atoms with van der Waals surface area (Å²) >= 11 is 0. The number of nitrogens with one attached hydrogen (secondary N) is 1. The number of nitrogens with zero attached hydrogens (tertiary/aromatic N) is 3. The Balaban J connectivity index is 1.51. The highest BCUT2D eigenvalue weighted by atomic mass is 16.5. The van der Waals surface area contributed by atoms with Crippen LogP contribution in [0.4, 0.5) is 5.82 Å². The molecule has 1 aromatic carbocycles. The molecule has 0 aliphatic carbocycles. The molecule has 4 rings (SSSR count). The number of hydrogen-bond donors (Lipinski definition) is 1. The lowest BCUT2D eigenvalue weighted by Gasteiger charge is -2.26. The van der Waals surface area contributed by atoms with Crippen molar-refractivity contribution in [2.24, 2.45) is 0 Å². The third-order valence-electron chi connectivity index (χ3n) is 5.56. The first-order valence-corrected chi connectivity index (χ1v) is 10.1. The molecule has 2 aromatic rings. The number of aryl methyl sites for hydroxylation is 1. The van der Waals surface area contributed by atoms with Gasteiger partial charge in [-0.15, -0.1) is 0 Å². The number of anilines is 1. The van der Waals surface area contributed by atoms with Crippen LogP contribution >= 0.6 is 0 Å². The number of aromatic nitrogens is 2. The van der Waals surface area contributed by atoms with E-state index in [-0.39, 0.29) is 5.69 Å². The van der Waals surface area contributed by atoms with Gasteiger partial charge in [0.1, 0.15) is 5.82 Å². The Labute approximate surface area is 170 Å². The van der Waals surface area contributed by atoms with E-state index in [1.54, 1.807) is 18.8 Å². The summed E-state index contributed by atoms with van der Waals surface area (Å²) < 4.78 is 18.0. The minimum atomic E-state index is -0.224. The molecule has 8 heteroatoms. The molecule has 1 aromatic heterocycles. The van der Waals surface area contributed by atoms with E-state index in [1.807, 2.05) is 18.2 Å². The van der Waals surface area contributed by atoms with Crippen LogP contribution in [0.2, 0.25) is 0 Å². The van der Waals surface area contributed by atoms with Gasteiger partial charge in [0.15, 0.2) is 11.5 Å². The molecule has 0 atom stereocenters. The second-order valence-electron chi connectivity index (χ2n) is 7.31. The summed E-state index contributed by atoms with van der Waals surface area (Å²) in [6, 6.07) is 5.90. The number of rotatable bonds is 7. The Bertz CT molecular complexity index is 922. The smallest absolute Gasteiger partial charge is 0.349 e. The Hall–Kier alpha value is -2.58. The molecule has 0 radical (unpaired) electrons. The summed E-state index contributed by atoms with van der Waals surface area (Å²) in [6.07, 6.45) is 1.75. The fourth-order valence-corrected chi connectivity index (χ4v) is 3.98. The first kappa shape index (κ1) is 19.7. The maximum Gasteiger partial charge on any atom is 0.349 e. The summed E-state index contributed by atoms with van der Waals surface area (Å²) in [5.41, 5.74) is 2.78. The van der Waals surface area contributed by atoms with Gasteiger partial charge in [0.05, 0.1) is 33.1 Å². The summed E-state index contributed by atoms with van der Waals surface area (Å²) in [5, 5.41) is 3.32. The third-order valence-corrected chi connectivity index (χ3v) is 5.56. The van der Waals surface area contributed by atoms with E-state index in [9.17, 15) is 4.79 Å². The minimum absolute atomic E-state index is 0.224. The molecule has 1 saturated heterocycles. The molecule has 29 heavy (non-hydrogen) atoms. The second kappa shape index (κ2) is 8.84. The SMILES string of the molecule is COc1cc2c(cc1OC)-c1cc(NCCCN3CCOCC3)nc(=O)n1CC2. The van der Waals surface area contributed by atoms with E-state index in [0.717, 1.165) is 69.1 Å². The number of fused-ring (bicyclic) bond motifs is 3. The van der Waals surface area contributed by atoms with Crippen LogP contribution in [0.3, 0.4) is 0 Å². The Morgan fingerprint density at radius 2 is 1.86 bits per heavy atom. The highest BCUT2D eigenvalue weighted by molar-refractivity contribution is 5.71. The van der Waals surface area contributed by atoms with E-state index in [1.165, 1.54) is 0 Å². The van der Waals surface area contributed by atoms with Crippen molar-refractivity contribution in [1.29, 1.82) is 0 Å². The average Bonchev–Trinajstić information content (AvgIpc) is 2.76. The zero-order chi connectivity index (χ0) is 20.2. The third kappa shape index (κ3) is 4.23. The van der Waals surface area contributed by atoms with Crippen LogP contribution in [0, 0.1) is 0 Å². The van der Waals surface area contributed by atoms with Crippen molar-refractivity contribution < 1.29 is 14.2 Å². The van der Waals surface area contributed by atoms with Gasteiger partial charge in [-0.25, -0.2) is 4.79 Å². The highest BCUT2D eigenvalue weighted by Crippen LogP contribution is 2.38. The maximum atomic E-state index is 12.6. The van der Waals surface area contributed by atoms with E-state index >= 15 is 0 Å². The van der Waals surface area contributed by atoms with Crippen molar-refractivity contribution in [3.63, 3.8) is 0 Å². The molecule has 1 N–H and O–H groups in total. The normalized spacial score (nSPS) is 16.1. The standard InChI is InChI=1S/C21H28N4O4/c1-27-18-12-15-4-7-25-17(16(15)13-19(18)28-2)14-20(23-21(25)26)22-5-3-6-24-8-10-29-11-9-24/h12-14H,3-11H2,1-2H3,(H,22,23,26). The van der Waals surface area contributed by atoms with Gasteiger partial charge in [0.2, 0.25) is 0 Å². The molecule has 1 fully saturated rings. The summed E-state index contributed by atoms with van der Waals surface area (Å²) in [6.45, 7) is 5.99. The van der Waals surface area contributed by atoms with Crippen LogP contribution < -0.4 is 20.5 Å². The predicted molar refractivity (Wildman–Crippen MR) is 111 cm³/mol. The summed E-state index contributed by atoms with van der Waals surface area (Å²) in [7, 11) is 3.25. The number of benzene rings is 1. The molecular weight excluding hydrogens is 372 g/mol. The van der Waals surface area contributed by atoms with Crippen molar-refractivity contribution in [2.75, 3.05) is 58.9 Å². The van der Waals surface area contributed by atoms with E-state index < -0.39 is 0 Å². The minimum Gasteiger partial charge on any atom is -0.493 e. The van der Waals surface area contributed by atoms with Gasteiger partial charge in [-0.2, -0.15) is 4.98 Å². The van der Waals surface area contributed by atoms with Crippen LogP contribution in [0.25, 0.3) is 11.3 Å². The van der Waals surface area contributed by atoms with Crippen molar-refractivity contribution in [1.82, 2.24) is 14.5 Å². The fourth-order valence-electron chi connectivity index (χ4n) is 3.98. The lowest BCUT2D eigenvalue weighted by Crippen LogP contribution is -2.37. The maximum absolute atomic E-state index is 12.6. The molecule has 3 heterocycles. The van der Waals surface area contributed by atoms with Crippen molar-refractivity contribution in [3.8, 4) is 22.8 Å². The first-order valence-electron chi connectivity index (χ1n) is 10.1. The molecule has 0 unspecified atom stereocenters. The van der Waals surface area contributed by atoms with Crippen LogP contribution in [-0.4, -0.2) is 68.1 Å². The first-order chi connectivity index (χ1) is 14.2. The van der Waals surface area contributed by atoms with Gasteiger partial charge >= 0.3 is 5.69 Å². The van der Waals surface area contributed by atoms with Crippen molar-refractivity contribution in [3.05, 3.63) is 34.2 Å². The molecule has 0 spiro atoms. The zero-order valence-electron chi connectivity index (χ0n) is 17.1. The molecule has 0 saturated carbocycles. The summed E-state index contributed by atoms with van der Waals surface area (Å²) in [5.74, 6) is 1.98. The van der Waals surface area contributed by atoms with Gasteiger partial charge in [0, 0.05) is 37.8 Å². The molecule has 0 amide bonds. The Morgan fingerprint density at radius 1 is 1.10 bits per heavy atom. The van der Waals surface area contributed by atoms with Gasteiger partial charge in [-0.3, -0.25) is 9.47 Å². The molecule has 0 bridgehead atoms. The topological polar surface area (TPSA) is 77.9 Å². The Morgan fingerprint density at radius 3 is 2.62 bits per heavy atom. The predicted octanol–water partition coefficient (Wildman–Crippen LogP) is 1.62. The average molecular weight is 400 g/mol. The molecule has 2 aliphatic rings. The molecule has 156 valence electrons. The number of ether oxygens (including phenoxy) is 3. The fraction of sp³-hybridized carbons (Fsp3) is 0.524. The largest absolute Gasteiger partial charge is 0.493 e. The number of methoxy groups -OCH3 is 2. The second-order valence-corrected chi connectivity index (χ2v) is 7.31. The van der Waals surface area contributed by atoms with Crippen LogP contribution in [0.15, 0.2) is 23.0 Å². The van der Waals surface area contributed by atoms with Crippen LogP contribution in [-0.2, 0) is 17.7 Å². The highest BCUT2D eigenvalue weighted by Gasteiger charge is 2.21. The molecular formula is C21H28N4O4. The Kier molecular flexibility index (Phi) is 6.01. The molecule has 8 nitrogen and oxygen atoms in total. The van der Waals surface area contributed by atoms with E-state index in [2.05, 4.69) is 15.2 Å². The van der Waals surface area contributed by atoms with Gasteiger partial charge in [0.25, 0.3) is 0 Å². The molecule has 2 aliphatic heterocycles. The monoisotopic (exact) mass is 400 g/mol. The quantitative estimate of drug-likeness (QED) is 0.708. The lowest BCUT2D eigenvalue weighted by atomic mass is 9.97. The van der Waals surface area contributed by atoms with Crippen LogP contribution in [0.5, 0.6) is 11.5 Å². The lowest BCUT2D eigenvalue weighted by molar-refractivity contribution is 0.0378. The van der Waals surface area contributed by atoms with E-state index in [4.69, 9.17) is 14.2 Å². The number of hydrogen-bond acceptors (Lipinski definition) is 7. The van der Waals surface area contributed by atoms with Crippen LogP contribution in [0.1, 0.15) is 12.0 Å². The van der Waals surface area contributed by atoms with Crippen molar-refractivity contribution in [2.45, 2.75) is 19.4 Å². The van der Waals surface area contributed by atoms with E-state index in [0.29, 0.717) is 23.9 Å². The zero-order valence-corrected chi connectivity index (χ0v) is 17.1. The number of morpholine rings is 1. The van der Waals surface area contributed by atoms with Gasteiger partial charge in [-0.05, 0) is 37.1 Å². The van der Waals surface area contributed by atoms with Gasteiger partial charge < -0.3 is 19.5 Å². The summed E-state index contributed by atoms with van der Waals surface area (Å²) in [4.78, 5) is 19.2. The van der Waals surface area contributed by atoms with Gasteiger partial charge in [-0.1, -0.05) is 0 Å². The van der Waals surface area contributed by atoms with Crippen molar-refractivity contribution >= 4 is 5.82 Å².